The fourth-order valence-electron chi connectivity index (χ4n) is 1.29. The lowest BCUT2D eigenvalue weighted by Crippen LogP contribution is -1.95. The molecule has 0 spiro atoms. The van der Waals surface area contributed by atoms with Crippen LogP contribution in [-0.2, 0) is 6.61 Å². The van der Waals surface area contributed by atoms with Gasteiger partial charge in [0.25, 0.3) is 0 Å². The fraction of sp³-hybridized carbons (Fsp3) is 0.0833. The first-order chi connectivity index (χ1) is 8.20. The molecule has 1 N–H and O–H groups in total. The van der Waals surface area contributed by atoms with Crippen molar-refractivity contribution < 1.29 is 18.6 Å². The predicted molar refractivity (Wildman–Crippen MR) is 56.6 cm³/mol. The Balaban J connectivity index is 2.28. The first-order valence-electron chi connectivity index (χ1n) is 4.88. The third-order valence-corrected chi connectivity index (χ3v) is 2.13. The van der Waals surface area contributed by atoms with Gasteiger partial charge in [-0.1, -0.05) is 0 Å². The molecule has 0 aliphatic heterocycles. The highest BCUT2D eigenvalue weighted by molar-refractivity contribution is 5.32. The van der Waals surface area contributed by atoms with Crippen molar-refractivity contribution in [1.82, 2.24) is 4.98 Å². The number of halogens is 2. The lowest BCUT2D eigenvalue weighted by Gasteiger charge is -2.08. The molecular formula is C12H9F2NO2. The van der Waals surface area contributed by atoms with E-state index in [2.05, 4.69) is 4.98 Å². The second-order valence-corrected chi connectivity index (χ2v) is 3.30. The summed E-state index contributed by atoms with van der Waals surface area (Å²) in [6, 6.07) is 6.44. The van der Waals surface area contributed by atoms with Crippen molar-refractivity contribution in [3.63, 3.8) is 0 Å². The smallest absolute Gasteiger partial charge is 0.224 e. The summed E-state index contributed by atoms with van der Waals surface area (Å²) in [6.07, 6.45) is 1.48. The van der Waals surface area contributed by atoms with Crippen molar-refractivity contribution in [1.29, 1.82) is 0 Å². The SMILES string of the molecule is OCc1cccnc1Oc1ccc(F)c(F)c1. The summed E-state index contributed by atoms with van der Waals surface area (Å²) >= 11 is 0. The number of pyridine rings is 1. The summed E-state index contributed by atoms with van der Waals surface area (Å²) in [7, 11) is 0. The van der Waals surface area contributed by atoms with Gasteiger partial charge in [-0.15, -0.1) is 0 Å². The van der Waals surface area contributed by atoms with E-state index in [9.17, 15) is 8.78 Å². The number of hydrogen-bond donors (Lipinski definition) is 1. The van der Waals surface area contributed by atoms with Gasteiger partial charge in [-0.2, -0.15) is 0 Å². The summed E-state index contributed by atoms with van der Waals surface area (Å²) in [4.78, 5) is 3.90. The van der Waals surface area contributed by atoms with E-state index in [1.165, 1.54) is 12.3 Å². The number of benzene rings is 1. The van der Waals surface area contributed by atoms with Crippen LogP contribution in [-0.4, -0.2) is 10.1 Å². The summed E-state index contributed by atoms with van der Waals surface area (Å²) in [5.74, 6) is -1.65. The van der Waals surface area contributed by atoms with Crippen molar-refractivity contribution in [3.8, 4) is 11.6 Å². The Hall–Kier alpha value is -2.01. The van der Waals surface area contributed by atoms with E-state index in [1.54, 1.807) is 12.1 Å². The molecule has 88 valence electrons. The molecule has 0 fully saturated rings. The molecule has 1 heterocycles. The number of aliphatic hydroxyl groups excluding tert-OH is 1. The highest BCUT2D eigenvalue weighted by Crippen LogP contribution is 2.24. The summed E-state index contributed by atoms with van der Waals surface area (Å²) in [6.45, 7) is -0.243. The van der Waals surface area contributed by atoms with Crippen LogP contribution in [0, 0.1) is 11.6 Å². The van der Waals surface area contributed by atoms with E-state index in [1.807, 2.05) is 0 Å². The maximum absolute atomic E-state index is 12.9. The molecule has 0 saturated carbocycles. The highest BCUT2D eigenvalue weighted by Gasteiger charge is 2.07. The van der Waals surface area contributed by atoms with Crippen LogP contribution in [0.25, 0.3) is 0 Å². The Morgan fingerprint density at radius 3 is 2.71 bits per heavy atom. The van der Waals surface area contributed by atoms with E-state index in [0.717, 1.165) is 12.1 Å². The molecule has 1 aromatic carbocycles. The van der Waals surface area contributed by atoms with Crippen molar-refractivity contribution in [2.24, 2.45) is 0 Å². The van der Waals surface area contributed by atoms with Gasteiger partial charge in [-0.05, 0) is 24.3 Å². The molecule has 0 aliphatic carbocycles. The number of aromatic nitrogens is 1. The maximum Gasteiger partial charge on any atom is 0.224 e. The highest BCUT2D eigenvalue weighted by atomic mass is 19.2. The molecule has 0 amide bonds. The van der Waals surface area contributed by atoms with Gasteiger partial charge in [-0.25, -0.2) is 13.8 Å². The number of ether oxygens (including phenoxy) is 1. The van der Waals surface area contributed by atoms with Crippen LogP contribution in [0.4, 0.5) is 8.78 Å². The Morgan fingerprint density at radius 1 is 1.18 bits per heavy atom. The summed E-state index contributed by atoms with van der Waals surface area (Å²) < 4.78 is 30.9. The van der Waals surface area contributed by atoms with Crippen LogP contribution < -0.4 is 4.74 Å². The quantitative estimate of drug-likeness (QED) is 0.892. The van der Waals surface area contributed by atoms with Gasteiger partial charge >= 0.3 is 0 Å². The van der Waals surface area contributed by atoms with Crippen LogP contribution in [0.1, 0.15) is 5.56 Å². The molecule has 0 atom stereocenters. The summed E-state index contributed by atoms with van der Waals surface area (Å²) in [5, 5.41) is 9.04. The predicted octanol–water partition coefficient (Wildman–Crippen LogP) is 2.64. The zero-order chi connectivity index (χ0) is 12.3. The van der Waals surface area contributed by atoms with Crippen LogP contribution in [0.5, 0.6) is 11.6 Å². The third kappa shape index (κ3) is 2.57. The number of aliphatic hydroxyl groups is 1. The van der Waals surface area contributed by atoms with Crippen molar-refractivity contribution in [2.45, 2.75) is 6.61 Å². The molecule has 2 aromatic rings. The first-order valence-corrected chi connectivity index (χ1v) is 4.88. The zero-order valence-corrected chi connectivity index (χ0v) is 8.73. The van der Waals surface area contributed by atoms with Crippen molar-refractivity contribution in [3.05, 3.63) is 53.7 Å². The topological polar surface area (TPSA) is 42.4 Å². The van der Waals surface area contributed by atoms with E-state index < -0.39 is 11.6 Å². The van der Waals surface area contributed by atoms with E-state index >= 15 is 0 Å². The van der Waals surface area contributed by atoms with E-state index in [-0.39, 0.29) is 18.2 Å². The molecular weight excluding hydrogens is 228 g/mol. The van der Waals surface area contributed by atoms with E-state index in [4.69, 9.17) is 9.84 Å². The Morgan fingerprint density at radius 2 is 2.00 bits per heavy atom. The second kappa shape index (κ2) is 4.88. The normalized spacial score (nSPS) is 10.3. The first kappa shape index (κ1) is 11.5. The minimum absolute atomic E-state index is 0.123. The van der Waals surface area contributed by atoms with Gasteiger partial charge in [0.05, 0.1) is 6.61 Å². The van der Waals surface area contributed by atoms with Gasteiger partial charge in [0.1, 0.15) is 5.75 Å². The molecule has 5 heteroatoms. The van der Waals surface area contributed by atoms with Gasteiger partial charge in [0.15, 0.2) is 11.6 Å². The van der Waals surface area contributed by atoms with Crippen molar-refractivity contribution in [2.75, 3.05) is 0 Å². The minimum atomic E-state index is -0.996. The lowest BCUT2D eigenvalue weighted by molar-refractivity contribution is 0.275. The second-order valence-electron chi connectivity index (χ2n) is 3.30. The average molecular weight is 237 g/mol. The fourth-order valence-corrected chi connectivity index (χ4v) is 1.29. The Labute approximate surface area is 96.3 Å². The van der Waals surface area contributed by atoms with Crippen LogP contribution >= 0.6 is 0 Å². The van der Waals surface area contributed by atoms with Crippen molar-refractivity contribution >= 4 is 0 Å². The Bertz CT molecular complexity index is 532. The number of hydrogen-bond acceptors (Lipinski definition) is 3. The Kier molecular flexibility index (Phi) is 3.30. The van der Waals surface area contributed by atoms with Crippen LogP contribution in [0.15, 0.2) is 36.5 Å². The molecule has 0 bridgehead atoms. The van der Waals surface area contributed by atoms with Gasteiger partial charge in [0.2, 0.25) is 5.88 Å². The minimum Gasteiger partial charge on any atom is -0.439 e. The number of nitrogens with zero attached hydrogens (tertiary/aromatic N) is 1. The monoisotopic (exact) mass is 237 g/mol. The largest absolute Gasteiger partial charge is 0.439 e. The van der Waals surface area contributed by atoms with Gasteiger partial charge in [0, 0.05) is 17.8 Å². The standard InChI is InChI=1S/C12H9F2NO2/c13-10-4-3-9(6-11(10)14)17-12-8(7-16)2-1-5-15-12/h1-6,16H,7H2. The van der Waals surface area contributed by atoms with Gasteiger partial charge < -0.3 is 9.84 Å². The molecule has 1 aromatic heterocycles. The molecule has 17 heavy (non-hydrogen) atoms. The molecule has 2 rings (SSSR count). The molecule has 0 radical (unpaired) electrons. The maximum atomic E-state index is 12.9. The number of rotatable bonds is 3. The lowest BCUT2D eigenvalue weighted by atomic mass is 10.3. The van der Waals surface area contributed by atoms with Crippen LogP contribution in [0.3, 0.4) is 0 Å². The van der Waals surface area contributed by atoms with Crippen LogP contribution in [0.2, 0.25) is 0 Å². The molecule has 0 saturated heterocycles. The van der Waals surface area contributed by atoms with Gasteiger partial charge in [-0.3, -0.25) is 0 Å². The van der Waals surface area contributed by atoms with E-state index in [0.29, 0.717) is 5.56 Å². The molecule has 0 unspecified atom stereocenters. The molecule has 3 nitrogen and oxygen atoms in total. The summed E-state index contributed by atoms with van der Waals surface area (Å²) in [5.41, 5.74) is 0.470. The third-order valence-electron chi connectivity index (χ3n) is 2.13. The zero-order valence-electron chi connectivity index (χ0n) is 8.73. The average Bonchev–Trinajstić information content (AvgIpc) is 2.34. The molecule has 0 aliphatic rings.